The summed E-state index contributed by atoms with van der Waals surface area (Å²) in [6, 6.07) is 9.46. The fourth-order valence-electron chi connectivity index (χ4n) is 2.08. The third-order valence-electron chi connectivity index (χ3n) is 3.02. The number of hydrogen-bond acceptors (Lipinski definition) is 4. The summed E-state index contributed by atoms with van der Waals surface area (Å²) in [5.41, 5.74) is 5.04. The van der Waals surface area contributed by atoms with Gasteiger partial charge >= 0.3 is 6.09 Å². The molecule has 1 aromatic carbocycles. The lowest BCUT2D eigenvalue weighted by atomic mass is 9.93. The Labute approximate surface area is 124 Å². The summed E-state index contributed by atoms with van der Waals surface area (Å²) in [5, 5.41) is 12.1. The molecule has 0 aliphatic carbocycles. The molecule has 0 saturated carbocycles. The number of hydrogen-bond donors (Lipinski definition) is 3. The summed E-state index contributed by atoms with van der Waals surface area (Å²) >= 11 is 0. The van der Waals surface area contributed by atoms with E-state index in [1.54, 1.807) is 13.8 Å². The molecule has 2 amide bonds. The third kappa shape index (κ3) is 6.27. The van der Waals surface area contributed by atoms with Gasteiger partial charge < -0.3 is 20.9 Å². The first-order valence-corrected chi connectivity index (χ1v) is 6.75. The molecule has 0 bridgehead atoms. The van der Waals surface area contributed by atoms with Crippen LogP contribution in [-0.2, 0) is 16.1 Å². The highest BCUT2D eigenvalue weighted by Gasteiger charge is 2.30. The molecule has 0 fully saturated rings. The molecule has 1 aromatic rings. The Morgan fingerprint density at radius 1 is 1.33 bits per heavy atom. The minimum atomic E-state index is -0.913. The van der Waals surface area contributed by atoms with Gasteiger partial charge in [0.25, 0.3) is 0 Å². The Balaban J connectivity index is 2.55. The van der Waals surface area contributed by atoms with Crippen LogP contribution in [0, 0.1) is 5.92 Å². The van der Waals surface area contributed by atoms with Crippen LogP contribution in [0.3, 0.4) is 0 Å². The zero-order chi connectivity index (χ0) is 15.9. The van der Waals surface area contributed by atoms with E-state index < -0.39 is 17.6 Å². The fourth-order valence-corrected chi connectivity index (χ4v) is 2.08. The van der Waals surface area contributed by atoms with Gasteiger partial charge in [0.1, 0.15) is 5.60 Å². The second-order valence-electron chi connectivity index (χ2n) is 5.47. The maximum atomic E-state index is 12.1. The predicted molar refractivity (Wildman–Crippen MR) is 78.2 cm³/mol. The highest BCUT2D eigenvalue weighted by atomic mass is 16.6. The molecule has 0 radical (unpaired) electrons. The number of carbonyl (C=O) groups excluding carboxylic acids is 2. The van der Waals surface area contributed by atoms with Gasteiger partial charge in [-0.3, -0.25) is 4.79 Å². The number of rotatable bonds is 7. The average molecular weight is 294 g/mol. The summed E-state index contributed by atoms with van der Waals surface area (Å²) in [6.45, 7) is 3.34. The highest BCUT2D eigenvalue weighted by Crippen LogP contribution is 2.20. The van der Waals surface area contributed by atoms with Crippen LogP contribution in [0.2, 0.25) is 0 Å². The first kappa shape index (κ1) is 17.0. The third-order valence-corrected chi connectivity index (χ3v) is 3.02. The number of aliphatic hydroxyl groups is 1. The van der Waals surface area contributed by atoms with Crippen LogP contribution < -0.4 is 11.1 Å². The largest absolute Gasteiger partial charge is 0.444 e. The van der Waals surface area contributed by atoms with E-state index in [1.807, 2.05) is 30.3 Å². The summed E-state index contributed by atoms with van der Waals surface area (Å²) < 4.78 is 4.93. The average Bonchev–Trinajstić information content (AvgIpc) is 2.42. The van der Waals surface area contributed by atoms with E-state index in [9.17, 15) is 14.7 Å². The minimum absolute atomic E-state index is 0.188. The molecule has 4 N–H and O–H groups in total. The molecular formula is C15H22N2O4. The number of ether oxygens (including phenoxy) is 1. The van der Waals surface area contributed by atoms with E-state index in [2.05, 4.69) is 5.32 Å². The maximum absolute atomic E-state index is 12.1. The number of nitrogens with one attached hydrogen (secondary N) is 1. The highest BCUT2D eigenvalue weighted by molar-refractivity contribution is 5.78. The molecule has 0 saturated heterocycles. The van der Waals surface area contributed by atoms with E-state index in [4.69, 9.17) is 10.5 Å². The second-order valence-corrected chi connectivity index (χ2v) is 5.47. The molecule has 0 spiro atoms. The van der Waals surface area contributed by atoms with Crippen molar-refractivity contribution in [3.8, 4) is 0 Å². The van der Waals surface area contributed by atoms with Crippen molar-refractivity contribution < 1.29 is 19.4 Å². The normalized spacial score (nSPS) is 12.5. The Bertz CT molecular complexity index is 474. The van der Waals surface area contributed by atoms with Crippen molar-refractivity contribution in [3.05, 3.63) is 35.9 Å². The minimum Gasteiger partial charge on any atom is -0.444 e. The lowest BCUT2D eigenvalue weighted by molar-refractivity contribution is -0.128. The second kappa shape index (κ2) is 7.64. The van der Waals surface area contributed by atoms with Crippen LogP contribution >= 0.6 is 0 Å². The zero-order valence-electron chi connectivity index (χ0n) is 12.3. The van der Waals surface area contributed by atoms with Crippen LogP contribution in [-0.4, -0.2) is 29.3 Å². The van der Waals surface area contributed by atoms with Crippen LogP contribution in [0.15, 0.2) is 30.3 Å². The van der Waals surface area contributed by atoms with Gasteiger partial charge in [0, 0.05) is 13.0 Å². The summed E-state index contributed by atoms with van der Waals surface area (Å²) in [4.78, 5) is 22.9. The number of amides is 2. The van der Waals surface area contributed by atoms with Crippen LogP contribution in [0.25, 0.3) is 0 Å². The molecule has 0 aliphatic heterocycles. The van der Waals surface area contributed by atoms with Crippen molar-refractivity contribution in [2.75, 3.05) is 6.61 Å². The van der Waals surface area contributed by atoms with Gasteiger partial charge in [0.05, 0.1) is 12.5 Å². The van der Waals surface area contributed by atoms with Gasteiger partial charge in [-0.2, -0.15) is 0 Å². The Morgan fingerprint density at radius 2 is 1.95 bits per heavy atom. The van der Waals surface area contributed by atoms with Crippen molar-refractivity contribution in [2.45, 2.75) is 32.4 Å². The van der Waals surface area contributed by atoms with Crippen LogP contribution in [0.5, 0.6) is 0 Å². The van der Waals surface area contributed by atoms with Gasteiger partial charge in [-0.05, 0) is 19.4 Å². The molecule has 0 aliphatic rings. The molecule has 1 rings (SSSR count). The van der Waals surface area contributed by atoms with Crippen molar-refractivity contribution >= 4 is 12.0 Å². The van der Waals surface area contributed by atoms with Crippen molar-refractivity contribution in [3.63, 3.8) is 0 Å². The van der Waals surface area contributed by atoms with Crippen LogP contribution in [0.1, 0.15) is 25.8 Å². The molecule has 116 valence electrons. The SMILES string of the molecule is CC(C)(C[C@H](CO)C(=O)NCc1ccccc1)OC(N)=O. The number of benzene rings is 1. The number of carbonyl (C=O) groups is 2. The van der Waals surface area contributed by atoms with E-state index in [1.165, 1.54) is 0 Å². The molecule has 0 aromatic heterocycles. The standard InChI is InChI=1S/C15H22N2O4/c1-15(2,21-14(16)20)8-12(10-18)13(19)17-9-11-6-4-3-5-7-11/h3-7,12,18H,8-10H2,1-2H3,(H2,16,20)(H,17,19)/t12-/m1/s1. The summed E-state index contributed by atoms with van der Waals surface area (Å²) in [5.74, 6) is -0.953. The molecule has 21 heavy (non-hydrogen) atoms. The van der Waals surface area contributed by atoms with Crippen LogP contribution in [0.4, 0.5) is 4.79 Å². The number of nitrogens with two attached hydrogens (primary N) is 1. The lowest BCUT2D eigenvalue weighted by Crippen LogP contribution is -2.40. The number of primary amides is 1. The first-order valence-electron chi connectivity index (χ1n) is 6.75. The van der Waals surface area contributed by atoms with Gasteiger partial charge in [-0.1, -0.05) is 30.3 Å². The molecule has 6 nitrogen and oxygen atoms in total. The zero-order valence-corrected chi connectivity index (χ0v) is 12.3. The van der Waals surface area contributed by atoms with Gasteiger partial charge in [-0.15, -0.1) is 0 Å². The topological polar surface area (TPSA) is 102 Å². The van der Waals surface area contributed by atoms with Crippen molar-refractivity contribution in [2.24, 2.45) is 11.7 Å². The van der Waals surface area contributed by atoms with E-state index in [0.717, 1.165) is 5.56 Å². The Morgan fingerprint density at radius 3 is 2.48 bits per heavy atom. The smallest absolute Gasteiger partial charge is 0.405 e. The molecule has 0 heterocycles. The number of aliphatic hydroxyl groups excluding tert-OH is 1. The Kier molecular flexibility index (Phi) is 6.17. The predicted octanol–water partition coefficient (Wildman–Crippen LogP) is 1.18. The molecule has 0 unspecified atom stereocenters. The fraction of sp³-hybridized carbons (Fsp3) is 0.467. The maximum Gasteiger partial charge on any atom is 0.405 e. The quantitative estimate of drug-likeness (QED) is 0.702. The van der Waals surface area contributed by atoms with E-state index in [0.29, 0.717) is 6.54 Å². The van der Waals surface area contributed by atoms with Gasteiger partial charge in [0.2, 0.25) is 5.91 Å². The van der Waals surface area contributed by atoms with Gasteiger partial charge in [0.15, 0.2) is 0 Å². The monoisotopic (exact) mass is 294 g/mol. The van der Waals surface area contributed by atoms with Gasteiger partial charge in [-0.25, -0.2) is 4.79 Å². The lowest BCUT2D eigenvalue weighted by Gasteiger charge is -2.27. The van der Waals surface area contributed by atoms with E-state index >= 15 is 0 Å². The first-order chi connectivity index (χ1) is 9.84. The van der Waals surface area contributed by atoms with Crippen molar-refractivity contribution in [1.82, 2.24) is 5.32 Å². The summed E-state index contributed by atoms with van der Waals surface area (Å²) in [7, 11) is 0. The molecule has 1 atom stereocenters. The molecular weight excluding hydrogens is 272 g/mol. The van der Waals surface area contributed by atoms with E-state index in [-0.39, 0.29) is 18.9 Å². The summed E-state index contributed by atoms with van der Waals surface area (Å²) in [6.07, 6.45) is -0.714. The Hall–Kier alpha value is -2.08. The van der Waals surface area contributed by atoms with Crippen molar-refractivity contribution in [1.29, 1.82) is 0 Å². The molecule has 6 heteroatoms.